The van der Waals surface area contributed by atoms with E-state index in [1.54, 1.807) is 6.07 Å². The number of fused-ring (bicyclic) bond motifs is 1. The third-order valence-corrected chi connectivity index (χ3v) is 4.86. The number of carboxylic acid groups (broad SMARTS) is 1. The number of para-hydroxylation sites is 1. The van der Waals surface area contributed by atoms with Crippen LogP contribution in [0.1, 0.15) is 49.3 Å². The Kier molecular flexibility index (Phi) is 3.70. The third-order valence-electron chi connectivity index (χ3n) is 4.86. The van der Waals surface area contributed by atoms with E-state index >= 15 is 0 Å². The minimum atomic E-state index is -0.901. The van der Waals surface area contributed by atoms with Crippen molar-refractivity contribution >= 4 is 17.0 Å². The van der Waals surface area contributed by atoms with Gasteiger partial charge in [-0.05, 0) is 30.4 Å². The molecule has 4 heteroatoms. The van der Waals surface area contributed by atoms with E-state index in [9.17, 15) is 9.90 Å². The van der Waals surface area contributed by atoms with Crippen LogP contribution in [0.5, 0.6) is 0 Å². The quantitative estimate of drug-likeness (QED) is 0.931. The van der Waals surface area contributed by atoms with Gasteiger partial charge < -0.3 is 9.67 Å². The molecule has 112 valence electrons. The van der Waals surface area contributed by atoms with Crippen molar-refractivity contribution in [3.63, 3.8) is 0 Å². The molecule has 1 aliphatic rings. The van der Waals surface area contributed by atoms with Crippen molar-refractivity contribution < 1.29 is 9.90 Å². The average molecular weight is 286 g/mol. The first-order valence-corrected chi connectivity index (χ1v) is 7.83. The molecule has 1 fully saturated rings. The van der Waals surface area contributed by atoms with Crippen LogP contribution in [0.3, 0.4) is 0 Å². The van der Waals surface area contributed by atoms with Gasteiger partial charge >= 0.3 is 5.97 Å². The van der Waals surface area contributed by atoms with Crippen molar-refractivity contribution in [3.05, 3.63) is 29.6 Å². The maximum atomic E-state index is 11.4. The number of aromatic carboxylic acids is 1. The predicted octanol–water partition coefficient (Wildman–Crippen LogP) is 3.73. The summed E-state index contributed by atoms with van der Waals surface area (Å²) in [6, 6.07) is 5.45. The zero-order valence-corrected chi connectivity index (χ0v) is 12.7. The Morgan fingerprint density at radius 1 is 1.43 bits per heavy atom. The number of carbonyl (C=O) groups is 1. The van der Waals surface area contributed by atoms with E-state index in [0.29, 0.717) is 17.0 Å². The number of aryl methyl sites for hydroxylation is 1. The molecule has 0 amide bonds. The van der Waals surface area contributed by atoms with E-state index in [2.05, 4.69) is 23.4 Å². The minimum absolute atomic E-state index is 0.306. The fourth-order valence-electron chi connectivity index (χ4n) is 3.57. The SMILES string of the molecule is CCc1nc2c(C(=O)O)cccc2n1CC1CCCC1C. The normalized spacial score (nSPS) is 22.0. The Balaban J connectivity index is 2.08. The number of imidazole rings is 1. The van der Waals surface area contributed by atoms with E-state index in [0.717, 1.165) is 30.2 Å². The highest BCUT2D eigenvalue weighted by Gasteiger charge is 2.25. The van der Waals surface area contributed by atoms with Gasteiger partial charge in [-0.3, -0.25) is 0 Å². The number of hydrogen-bond acceptors (Lipinski definition) is 2. The summed E-state index contributed by atoms with van der Waals surface area (Å²) in [5.74, 6) is 1.52. The molecule has 2 aromatic rings. The summed E-state index contributed by atoms with van der Waals surface area (Å²) < 4.78 is 2.24. The lowest BCUT2D eigenvalue weighted by Crippen LogP contribution is -2.15. The van der Waals surface area contributed by atoms with Crippen LogP contribution in [0, 0.1) is 11.8 Å². The lowest BCUT2D eigenvalue weighted by atomic mass is 9.98. The molecule has 4 nitrogen and oxygen atoms in total. The van der Waals surface area contributed by atoms with Crippen LogP contribution < -0.4 is 0 Å². The molecule has 0 saturated heterocycles. The first-order chi connectivity index (χ1) is 10.1. The molecule has 1 aromatic heterocycles. The standard InChI is InChI=1S/C17H22N2O2/c1-3-15-18-16-13(17(20)21)8-5-9-14(16)19(15)10-12-7-4-6-11(12)2/h5,8-9,11-12H,3-4,6-7,10H2,1-2H3,(H,20,21). The number of aromatic nitrogens is 2. The van der Waals surface area contributed by atoms with Crippen molar-refractivity contribution in [2.75, 3.05) is 0 Å². The first kappa shape index (κ1) is 14.1. The Morgan fingerprint density at radius 2 is 2.24 bits per heavy atom. The second-order valence-corrected chi connectivity index (χ2v) is 6.14. The van der Waals surface area contributed by atoms with Crippen LogP contribution in [0.2, 0.25) is 0 Å². The maximum absolute atomic E-state index is 11.4. The number of nitrogens with zero attached hydrogens (tertiary/aromatic N) is 2. The van der Waals surface area contributed by atoms with Crippen molar-refractivity contribution in [1.29, 1.82) is 0 Å². The number of hydrogen-bond donors (Lipinski definition) is 1. The van der Waals surface area contributed by atoms with Crippen LogP contribution in [0.15, 0.2) is 18.2 Å². The van der Waals surface area contributed by atoms with Gasteiger partial charge in [0.15, 0.2) is 0 Å². The Hall–Kier alpha value is -1.84. The predicted molar refractivity (Wildman–Crippen MR) is 82.6 cm³/mol. The molecular weight excluding hydrogens is 264 g/mol. The first-order valence-electron chi connectivity index (χ1n) is 7.83. The second-order valence-electron chi connectivity index (χ2n) is 6.14. The van der Waals surface area contributed by atoms with Crippen molar-refractivity contribution in [1.82, 2.24) is 9.55 Å². The van der Waals surface area contributed by atoms with Crippen LogP contribution in [-0.2, 0) is 13.0 Å². The smallest absolute Gasteiger partial charge is 0.337 e. The van der Waals surface area contributed by atoms with E-state index in [4.69, 9.17) is 0 Å². The molecule has 1 aromatic carbocycles. The van der Waals surface area contributed by atoms with Gasteiger partial charge in [-0.25, -0.2) is 9.78 Å². The lowest BCUT2D eigenvalue weighted by Gasteiger charge is -2.18. The van der Waals surface area contributed by atoms with Gasteiger partial charge in [0.05, 0.1) is 11.1 Å². The largest absolute Gasteiger partial charge is 0.478 e. The molecule has 1 aliphatic carbocycles. The molecule has 3 rings (SSSR count). The van der Waals surface area contributed by atoms with Gasteiger partial charge in [0.25, 0.3) is 0 Å². The van der Waals surface area contributed by atoms with Crippen molar-refractivity contribution in [2.24, 2.45) is 11.8 Å². The van der Waals surface area contributed by atoms with Crippen LogP contribution in [0.25, 0.3) is 11.0 Å². The summed E-state index contributed by atoms with van der Waals surface area (Å²) in [7, 11) is 0. The summed E-state index contributed by atoms with van der Waals surface area (Å²) in [6.45, 7) is 5.37. The second kappa shape index (κ2) is 5.51. The lowest BCUT2D eigenvalue weighted by molar-refractivity contribution is 0.0699. The average Bonchev–Trinajstić information content (AvgIpc) is 3.03. The molecule has 0 radical (unpaired) electrons. The molecule has 0 aliphatic heterocycles. The van der Waals surface area contributed by atoms with E-state index in [-0.39, 0.29) is 0 Å². The summed E-state index contributed by atoms with van der Waals surface area (Å²) in [6.07, 6.45) is 4.71. The summed E-state index contributed by atoms with van der Waals surface area (Å²) in [5, 5.41) is 9.33. The number of rotatable bonds is 4. The number of benzene rings is 1. The molecular formula is C17H22N2O2. The zero-order valence-electron chi connectivity index (χ0n) is 12.7. The van der Waals surface area contributed by atoms with E-state index in [1.807, 2.05) is 12.1 Å². The monoisotopic (exact) mass is 286 g/mol. The molecule has 2 atom stereocenters. The number of carboxylic acids is 1. The highest BCUT2D eigenvalue weighted by atomic mass is 16.4. The van der Waals surface area contributed by atoms with Crippen LogP contribution in [0.4, 0.5) is 0 Å². The maximum Gasteiger partial charge on any atom is 0.337 e. The fraction of sp³-hybridized carbons (Fsp3) is 0.529. The zero-order chi connectivity index (χ0) is 15.0. The molecule has 2 unspecified atom stereocenters. The summed E-state index contributed by atoms with van der Waals surface area (Å²) in [5.41, 5.74) is 1.90. The van der Waals surface area contributed by atoms with Crippen molar-refractivity contribution in [3.8, 4) is 0 Å². The summed E-state index contributed by atoms with van der Waals surface area (Å²) >= 11 is 0. The van der Waals surface area contributed by atoms with E-state index < -0.39 is 5.97 Å². The van der Waals surface area contributed by atoms with Gasteiger partial charge in [0.1, 0.15) is 11.3 Å². The highest BCUT2D eigenvalue weighted by molar-refractivity contribution is 6.01. The molecule has 0 spiro atoms. The molecule has 1 saturated carbocycles. The molecule has 1 heterocycles. The Labute approximate surface area is 124 Å². The van der Waals surface area contributed by atoms with Gasteiger partial charge in [-0.15, -0.1) is 0 Å². The summed E-state index contributed by atoms with van der Waals surface area (Å²) in [4.78, 5) is 16.0. The van der Waals surface area contributed by atoms with Gasteiger partial charge in [-0.1, -0.05) is 32.8 Å². The van der Waals surface area contributed by atoms with E-state index in [1.165, 1.54) is 19.3 Å². The van der Waals surface area contributed by atoms with Crippen molar-refractivity contribution in [2.45, 2.75) is 46.1 Å². The van der Waals surface area contributed by atoms with Gasteiger partial charge in [0.2, 0.25) is 0 Å². The van der Waals surface area contributed by atoms with Crippen LogP contribution in [-0.4, -0.2) is 20.6 Å². The van der Waals surface area contributed by atoms with Gasteiger partial charge in [-0.2, -0.15) is 0 Å². The molecule has 1 N–H and O–H groups in total. The molecule has 21 heavy (non-hydrogen) atoms. The fourth-order valence-corrected chi connectivity index (χ4v) is 3.57. The third kappa shape index (κ3) is 2.43. The highest BCUT2D eigenvalue weighted by Crippen LogP contribution is 2.34. The van der Waals surface area contributed by atoms with Crippen LogP contribution >= 0.6 is 0 Å². The Bertz CT molecular complexity index is 675. The minimum Gasteiger partial charge on any atom is -0.478 e. The topological polar surface area (TPSA) is 55.1 Å². The molecule has 0 bridgehead atoms. The van der Waals surface area contributed by atoms with Gasteiger partial charge in [0, 0.05) is 13.0 Å². The Morgan fingerprint density at radius 3 is 2.86 bits per heavy atom.